The quantitative estimate of drug-likeness (QED) is 0.644. The first-order valence-corrected chi connectivity index (χ1v) is 6.43. The molecular formula is C14H16F3N3O. The van der Waals surface area contributed by atoms with Gasteiger partial charge in [0.05, 0.1) is 12.1 Å². The fraction of sp³-hybridized carbons (Fsp3) is 0.429. The molecule has 1 amide bonds. The minimum absolute atomic E-state index is 0.0220. The van der Waals surface area contributed by atoms with Gasteiger partial charge in [-0.15, -0.1) is 0 Å². The largest absolute Gasteiger partial charge is 0.389 e. The molecule has 1 rings (SSSR count). The number of halogens is 3. The molecule has 7 heteroatoms. The Kier molecular flexibility index (Phi) is 6.69. The molecule has 0 saturated carbocycles. The van der Waals surface area contributed by atoms with Crippen molar-refractivity contribution in [3.63, 3.8) is 0 Å². The summed E-state index contributed by atoms with van der Waals surface area (Å²) in [6, 6.07) is 3.27. The van der Waals surface area contributed by atoms with Crippen LogP contribution >= 0.6 is 0 Å². The minimum atomic E-state index is -4.16. The number of carbonyl (C=O) groups is 1. The van der Waals surface area contributed by atoms with E-state index >= 15 is 0 Å². The molecule has 0 unspecified atom stereocenters. The lowest BCUT2D eigenvalue weighted by molar-refractivity contribution is -0.135. The highest BCUT2D eigenvalue weighted by molar-refractivity contribution is 5.94. The van der Waals surface area contributed by atoms with Gasteiger partial charge in [-0.25, -0.2) is 4.98 Å². The van der Waals surface area contributed by atoms with Gasteiger partial charge in [-0.2, -0.15) is 13.2 Å². The van der Waals surface area contributed by atoms with Crippen LogP contribution in [0.4, 0.5) is 13.2 Å². The van der Waals surface area contributed by atoms with E-state index in [4.69, 9.17) is 5.73 Å². The number of amides is 1. The predicted octanol–water partition coefficient (Wildman–Crippen LogP) is 1.85. The first-order chi connectivity index (χ1) is 9.94. The number of hydrogen-bond donors (Lipinski definition) is 2. The van der Waals surface area contributed by atoms with Gasteiger partial charge < -0.3 is 11.1 Å². The molecular weight excluding hydrogens is 283 g/mol. The van der Waals surface area contributed by atoms with Crippen LogP contribution in [0.3, 0.4) is 0 Å². The van der Waals surface area contributed by atoms with Crippen molar-refractivity contribution in [1.29, 1.82) is 0 Å². The van der Waals surface area contributed by atoms with Crippen LogP contribution < -0.4 is 11.1 Å². The van der Waals surface area contributed by atoms with Crippen LogP contribution in [0, 0.1) is 11.8 Å². The molecule has 1 aromatic rings. The van der Waals surface area contributed by atoms with Crippen LogP contribution in [-0.4, -0.2) is 30.2 Å². The van der Waals surface area contributed by atoms with Crippen molar-refractivity contribution < 1.29 is 18.0 Å². The van der Waals surface area contributed by atoms with Gasteiger partial charge in [0.15, 0.2) is 0 Å². The Morgan fingerprint density at radius 2 is 2.14 bits per heavy atom. The van der Waals surface area contributed by atoms with Crippen molar-refractivity contribution in [1.82, 2.24) is 10.3 Å². The van der Waals surface area contributed by atoms with Gasteiger partial charge in [0, 0.05) is 19.2 Å². The summed E-state index contributed by atoms with van der Waals surface area (Å²) >= 11 is 0. The van der Waals surface area contributed by atoms with Crippen molar-refractivity contribution in [3.05, 3.63) is 29.6 Å². The maximum atomic E-state index is 12.0. The van der Waals surface area contributed by atoms with Crippen LogP contribution in [0.15, 0.2) is 18.3 Å². The van der Waals surface area contributed by atoms with Gasteiger partial charge in [0.1, 0.15) is 5.69 Å². The number of nitrogens with zero attached hydrogens (tertiary/aromatic N) is 1. The van der Waals surface area contributed by atoms with Gasteiger partial charge in [-0.05, 0) is 25.0 Å². The molecule has 0 aromatic carbocycles. The molecule has 4 nitrogen and oxygen atoms in total. The third-order valence-electron chi connectivity index (χ3n) is 2.52. The molecule has 0 fully saturated rings. The number of nitrogens with one attached hydrogen (secondary N) is 1. The van der Waals surface area contributed by atoms with Crippen LogP contribution in [-0.2, 0) is 0 Å². The highest BCUT2D eigenvalue weighted by Crippen LogP contribution is 2.21. The Hall–Kier alpha value is -2.07. The van der Waals surface area contributed by atoms with E-state index in [2.05, 4.69) is 22.1 Å². The van der Waals surface area contributed by atoms with Crippen molar-refractivity contribution in [2.45, 2.75) is 25.4 Å². The molecule has 0 saturated heterocycles. The Labute approximate surface area is 120 Å². The average Bonchev–Trinajstić information content (AvgIpc) is 2.43. The molecule has 21 heavy (non-hydrogen) atoms. The molecule has 1 aromatic heterocycles. The lowest BCUT2D eigenvalue weighted by Crippen LogP contribution is -2.26. The fourth-order valence-corrected chi connectivity index (χ4v) is 1.57. The molecule has 0 spiro atoms. The third-order valence-corrected chi connectivity index (χ3v) is 2.52. The molecule has 1 heterocycles. The van der Waals surface area contributed by atoms with E-state index in [1.165, 1.54) is 6.20 Å². The summed E-state index contributed by atoms with van der Waals surface area (Å²) in [5, 5.41) is 2.53. The molecule has 0 aliphatic rings. The summed E-state index contributed by atoms with van der Waals surface area (Å²) < 4.78 is 35.9. The third kappa shape index (κ3) is 6.77. The zero-order valence-electron chi connectivity index (χ0n) is 11.3. The normalized spacial score (nSPS) is 10.7. The maximum absolute atomic E-state index is 12.0. The number of carbonyl (C=O) groups excluding carboxylic acids is 1. The van der Waals surface area contributed by atoms with Gasteiger partial charge in [-0.3, -0.25) is 4.79 Å². The van der Waals surface area contributed by atoms with Gasteiger partial charge in [0.25, 0.3) is 5.91 Å². The van der Waals surface area contributed by atoms with E-state index < -0.39 is 18.5 Å². The lowest BCUT2D eigenvalue weighted by atomic mass is 10.2. The van der Waals surface area contributed by atoms with Crippen LogP contribution in [0.5, 0.6) is 0 Å². The SMILES string of the molecule is NCC#Cc1cccnc1C(=O)NCCCCC(F)(F)F. The summed E-state index contributed by atoms with van der Waals surface area (Å²) in [6.07, 6.45) is -3.32. The number of hydrogen-bond acceptors (Lipinski definition) is 3. The molecule has 3 N–H and O–H groups in total. The van der Waals surface area contributed by atoms with Crippen molar-refractivity contribution in [3.8, 4) is 11.8 Å². The van der Waals surface area contributed by atoms with Gasteiger partial charge in [-0.1, -0.05) is 11.8 Å². The van der Waals surface area contributed by atoms with E-state index in [-0.39, 0.29) is 31.6 Å². The lowest BCUT2D eigenvalue weighted by Gasteiger charge is -2.07. The Balaban J connectivity index is 2.49. The first-order valence-electron chi connectivity index (χ1n) is 6.43. The number of unbranched alkanes of at least 4 members (excludes halogenated alkanes) is 1. The molecule has 0 atom stereocenters. The van der Waals surface area contributed by atoms with E-state index in [0.717, 1.165) is 0 Å². The maximum Gasteiger partial charge on any atom is 0.389 e. The fourth-order valence-electron chi connectivity index (χ4n) is 1.57. The van der Waals surface area contributed by atoms with E-state index in [1.807, 2.05) is 0 Å². The number of pyridine rings is 1. The van der Waals surface area contributed by atoms with E-state index in [0.29, 0.717) is 5.56 Å². The van der Waals surface area contributed by atoms with E-state index in [9.17, 15) is 18.0 Å². The molecule has 0 bridgehead atoms. The number of alkyl halides is 3. The number of rotatable bonds is 5. The summed E-state index contributed by atoms with van der Waals surface area (Å²) in [6.45, 7) is 0.322. The Bertz CT molecular complexity index is 532. The second-order valence-electron chi connectivity index (χ2n) is 4.23. The Morgan fingerprint density at radius 1 is 1.38 bits per heavy atom. The van der Waals surface area contributed by atoms with Crippen molar-refractivity contribution >= 4 is 5.91 Å². The first kappa shape index (κ1) is 17.0. The minimum Gasteiger partial charge on any atom is -0.351 e. The summed E-state index contributed by atoms with van der Waals surface area (Å²) in [4.78, 5) is 15.8. The molecule has 0 aliphatic heterocycles. The van der Waals surface area contributed by atoms with Gasteiger partial charge in [0.2, 0.25) is 0 Å². The molecule has 114 valence electrons. The summed E-state index contributed by atoms with van der Waals surface area (Å²) in [7, 11) is 0. The van der Waals surface area contributed by atoms with Crippen molar-refractivity contribution in [2.24, 2.45) is 5.73 Å². The molecule has 0 aliphatic carbocycles. The second-order valence-corrected chi connectivity index (χ2v) is 4.23. The molecule has 0 radical (unpaired) electrons. The smallest absolute Gasteiger partial charge is 0.351 e. The van der Waals surface area contributed by atoms with Crippen LogP contribution in [0.25, 0.3) is 0 Å². The van der Waals surface area contributed by atoms with Crippen molar-refractivity contribution in [2.75, 3.05) is 13.1 Å². The zero-order valence-corrected chi connectivity index (χ0v) is 11.3. The van der Waals surface area contributed by atoms with E-state index in [1.54, 1.807) is 12.1 Å². The zero-order chi connectivity index (χ0) is 15.7. The topological polar surface area (TPSA) is 68.0 Å². The monoisotopic (exact) mass is 299 g/mol. The standard InChI is InChI=1S/C14H16F3N3O/c15-14(16,17)7-1-2-9-20-13(21)12-11(5-3-8-18)6-4-10-19-12/h4,6,10H,1-2,7-9,18H2,(H,20,21). The number of nitrogens with two attached hydrogens (primary N) is 1. The summed E-state index contributed by atoms with van der Waals surface area (Å²) in [5.41, 5.74) is 5.85. The highest BCUT2D eigenvalue weighted by atomic mass is 19.4. The number of aromatic nitrogens is 1. The van der Waals surface area contributed by atoms with Crippen LogP contribution in [0.2, 0.25) is 0 Å². The van der Waals surface area contributed by atoms with Crippen LogP contribution in [0.1, 0.15) is 35.3 Å². The van der Waals surface area contributed by atoms with Gasteiger partial charge >= 0.3 is 6.18 Å². The average molecular weight is 299 g/mol. The highest BCUT2D eigenvalue weighted by Gasteiger charge is 2.25. The summed E-state index contributed by atoms with van der Waals surface area (Å²) in [5.74, 6) is 4.90. The predicted molar refractivity (Wildman–Crippen MR) is 72.4 cm³/mol. The second kappa shape index (κ2) is 8.27. The Morgan fingerprint density at radius 3 is 2.81 bits per heavy atom.